The largest absolute Gasteiger partial charge is 0.328 e. The van der Waals surface area contributed by atoms with E-state index in [0.717, 1.165) is 12.5 Å². The van der Waals surface area contributed by atoms with Gasteiger partial charge in [0, 0.05) is 23.6 Å². The van der Waals surface area contributed by atoms with Crippen LogP contribution in [0.2, 0.25) is 5.02 Å². The summed E-state index contributed by atoms with van der Waals surface area (Å²) >= 11 is 5.89. The fourth-order valence-electron chi connectivity index (χ4n) is 1.33. The molecule has 0 aliphatic heterocycles. The Kier molecular flexibility index (Phi) is 3.68. The number of alkyl halides is 2. The maximum Gasteiger partial charge on any atom is 0.270 e. The Morgan fingerprint density at radius 1 is 1.47 bits per heavy atom. The number of nitrogens with two attached hydrogens (primary N) is 1. The third-order valence-corrected chi connectivity index (χ3v) is 2.45. The third kappa shape index (κ3) is 3.43. The molecule has 4 heteroatoms. The Morgan fingerprint density at radius 3 is 2.47 bits per heavy atom. The highest BCUT2D eigenvalue weighted by Crippen LogP contribution is 2.30. The van der Waals surface area contributed by atoms with Gasteiger partial charge in [-0.2, -0.15) is 0 Å². The molecule has 0 aliphatic rings. The summed E-state index contributed by atoms with van der Waals surface area (Å²) in [6.45, 7) is 2.70. The summed E-state index contributed by atoms with van der Waals surface area (Å²) in [5.74, 6) is -2.85. The second kappa shape index (κ2) is 4.45. The minimum atomic E-state index is -2.85. The predicted octanol–water partition coefficient (Wildman–Crippen LogP) is 3.34. The van der Waals surface area contributed by atoms with Gasteiger partial charge in [-0.25, -0.2) is 8.78 Å². The molecule has 1 nitrogen and oxygen atoms in total. The molecule has 0 saturated heterocycles. The number of hydrogen-bond donors (Lipinski definition) is 1. The Hall–Kier alpha value is -0.670. The number of benzene rings is 1. The van der Waals surface area contributed by atoms with Crippen LogP contribution in [0.3, 0.4) is 0 Å². The van der Waals surface area contributed by atoms with Gasteiger partial charge in [0.15, 0.2) is 0 Å². The van der Waals surface area contributed by atoms with E-state index in [1.165, 1.54) is 12.1 Å². The second-order valence-corrected chi connectivity index (χ2v) is 4.28. The van der Waals surface area contributed by atoms with Gasteiger partial charge in [0.2, 0.25) is 0 Å². The summed E-state index contributed by atoms with van der Waals surface area (Å²) < 4.78 is 25.9. The lowest BCUT2D eigenvalue weighted by Gasteiger charge is -2.13. The Balaban J connectivity index is 2.98. The first-order valence-electron chi connectivity index (χ1n) is 4.73. The first-order valence-corrected chi connectivity index (χ1v) is 5.11. The van der Waals surface area contributed by atoms with Crippen LogP contribution in [-0.2, 0) is 12.3 Å². The van der Waals surface area contributed by atoms with Crippen LogP contribution < -0.4 is 5.73 Å². The average molecular weight is 234 g/mol. The zero-order valence-corrected chi connectivity index (χ0v) is 9.48. The van der Waals surface area contributed by atoms with Gasteiger partial charge in [0.25, 0.3) is 5.92 Å². The first kappa shape index (κ1) is 12.4. The van der Waals surface area contributed by atoms with Crippen LogP contribution in [0.15, 0.2) is 18.2 Å². The van der Waals surface area contributed by atoms with Crippen LogP contribution in [0.4, 0.5) is 8.78 Å². The lowest BCUT2D eigenvalue weighted by atomic mass is 10.0. The van der Waals surface area contributed by atoms with E-state index >= 15 is 0 Å². The van der Waals surface area contributed by atoms with Crippen molar-refractivity contribution in [2.75, 3.05) is 0 Å². The maximum absolute atomic E-state index is 12.9. The van der Waals surface area contributed by atoms with Gasteiger partial charge < -0.3 is 5.73 Å². The van der Waals surface area contributed by atoms with Crippen LogP contribution in [0.1, 0.15) is 25.0 Å². The van der Waals surface area contributed by atoms with Gasteiger partial charge in [-0.15, -0.1) is 0 Å². The average Bonchev–Trinajstić information content (AvgIpc) is 2.05. The van der Waals surface area contributed by atoms with Gasteiger partial charge in [-0.05, 0) is 25.0 Å². The molecule has 0 fully saturated rings. The Labute approximate surface area is 93.2 Å². The lowest BCUT2D eigenvalue weighted by Crippen LogP contribution is -2.18. The van der Waals surface area contributed by atoms with Crippen molar-refractivity contribution in [3.8, 4) is 0 Å². The predicted molar refractivity (Wildman–Crippen MR) is 58.4 cm³/mol. The molecule has 1 unspecified atom stereocenters. The minimum absolute atomic E-state index is 0.0320. The van der Waals surface area contributed by atoms with E-state index in [-0.39, 0.29) is 11.6 Å². The highest BCUT2D eigenvalue weighted by atomic mass is 35.5. The quantitative estimate of drug-likeness (QED) is 0.852. The van der Waals surface area contributed by atoms with Crippen molar-refractivity contribution in [2.24, 2.45) is 5.73 Å². The molecule has 2 N–H and O–H groups in total. The molecule has 0 aromatic heterocycles. The van der Waals surface area contributed by atoms with E-state index in [4.69, 9.17) is 17.3 Å². The van der Waals surface area contributed by atoms with E-state index < -0.39 is 5.92 Å². The van der Waals surface area contributed by atoms with Crippen LogP contribution in [0.25, 0.3) is 0 Å². The molecular formula is C11H14ClF2N. The van der Waals surface area contributed by atoms with Crippen molar-refractivity contribution < 1.29 is 8.78 Å². The highest BCUT2D eigenvalue weighted by Gasteiger charge is 2.24. The van der Waals surface area contributed by atoms with Crippen molar-refractivity contribution in [3.63, 3.8) is 0 Å². The molecule has 0 heterocycles. The normalized spacial score (nSPS) is 14.0. The minimum Gasteiger partial charge on any atom is -0.328 e. The fourth-order valence-corrected chi connectivity index (χ4v) is 1.59. The van der Waals surface area contributed by atoms with Crippen LogP contribution in [0.5, 0.6) is 0 Å². The molecule has 0 spiro atoms. The topological polar surface area (TPSA) is 26.0 Å². The number of hydrogen-bond acceptors (Lipinski definition) is 1. The third-order valence-electron chi connectivity index (χ3n) is 2.10. The van der Waals surface area contributed by atoms with Gasteiger partial charge in [0.05, 0.1) is 0 Å². The number of halogens is 3. The molecule has 1 rings (SSSR count). The molecular weight excluding hydrogens is 220 g/mol. The lowest BCUT2D eigenvalue weighted by molar-refractivity contribution is 0.0174. The molecule has 0 radical (unpaired) electrons. The van der Waals surface area contributed by atoms with E-state index in [2.05, 4.69) is 0 Å². The molecule has 84 valence electrons. The molecule has 0 bridgehead atoms. The summed E-state index contributed by atoms with van der Waals surface area (Å²) in [6.07, 6.45) is 0.592. The van der Waals surface area contributed by atoms with Gasteiger partial charge in [-0.3, -0.25) is 0 Å². The summed E-state index contributed by atoms with van der Waals surface area (Å²) in [6, 6.07) is 4.27. The standard InChI is InChI=1S/C11H14ClF2N/c1-7(15)5-8-3-4-9(6-10(8)12)11(2,13)14/h3-4,6-7H,5,15H2,1-2H3. The molecule has 1 atom stereocenters. The van der Waals surface area contributed by atoms with Crippen molar-refractivity contribution in [1.29, 1.82) is 0 Å². The summed E-state index contributed by atoms with van der Waals surface area (Å²) in [7, 11) is 0. The van der Waals surface area contributed by atoms with Crippen molar-refractivity contribution in [3.05, 3.63) is 34.3 Å². The Morgan fingerprint density at radius 2 is 2.07 bits per heavy atom. The van der Waals surface area contributed by atoms with E-state index in [1.807, 2.05) is 6.92 Å². The zero-order chi connectivity index (χ0) is 11.6. The van der Waals surface area contributed by atoms with E-state index in [9.17, 15) is 8.78 Å². The van der Waals surface area contributed by atoms with Crippen LogP contribution in [-0.4, -0.2) is 6.04 Å². The SMILES string of the molecule is CC(N)Cc1ccc(C(C)(F)F)cc1Cl. The van der Waals surface area contributed by atoms with Gasteiger partial charge in [0.1, 0.15) is 0 Å². The monoisotopic (exact) mass is 233 g/mol. The zero-order valence-electron chi connectivity index (χ0n) is 8.73. The summed E-state index contributed by atoms with van der Waals surface area (Å²) in [5, 5.41) is 0.353. The molecule has 0 saturated carbocycles. The van der Waals surface area contributed by atoms with Crippen molar-refractivity contribution in [1.82, 2.24) is 0 Å². The number of rotatable bonds is 3. The second-order valence-electron chi connectivity index (χ2n) is 3.88. The first-order chi connectivity index (χ1) is 6.80. The van der Waals surface area contributed by atoms with E-state index in [1.54, 1.807) is 6.07 Å². The van der Waals surface area contributed by atoms with Crippen molar-refractivity contribution in [2.45, 2.75) is 32.2 Å². The molecule has 15 heavy (non-hydrogen) atoms. The highest BCUT2D eigenvalue weighted by molar-refractivity contribution is 6.31. The van der Waals surface area contributed by atoms with Gasteiger partial charge in [-0.1, -0.05) is 23.7 Å². The smallest absolute Gasteiger partial charge is 0.270 e. The molecule has 0 amide bonds. The molecule has 0 aliphatic carbocycles. The van der Waals surface area contributed by atoms with Crippen LogP contribution >= 0.6 is 11.6 Å². The van der Waals surface area contributed by atoms with E-state index in [0.29, 0.717) is 11.4 Å². The Bertz CT molecular complexity index is 345. The molecule has 1 aromatic rings. The van der Waals surface area contributed by atoms with Gasteiger partial charge >= 0.3 is 0 Å². The summed E-state index contributed by atoms with van der Waals surface area (Å²) in [5.41, 5.74) is 6.35. The fraction of sp³-hybridized carbons (Fsp3) is 0.455. The maximum atomic E-state index is 12.9. The summed E-state index contributed by atoms with van der Waals surface area (Å²) in [4.78, 5) is 0. The van der Waals surface area contributed by atoms with Crippen LogP contribution in [0, 0.1) is 0 Å². The van der Waals surface area contributed by atoms with Crippen molar-refractivity contribution >= 4 is 11.6 Å². The molecule has 1 aromatic carbocycles.